The quantitative estimate of drug-likeness (QED) is 0.321. The predicted molar refractivity (Wildman–Crippen MR) is 134 cm³/mol. The monoisotopic (exact) mass is 553 g/mol. The zero-order valence-corrected chi connectivity index (χ0v) is 20.4. The van der Waals surface area contributed by atoms with E-state index in [0.717, 1.165) is 0 Å². The van der Waals surface area contributed by atoms with Crippen LogP contribution in [0.25, 0.3) is 10.9 Å². The van der Waals surface area contributed by atoms with Gasteiger partial charge in [0.25, 0.3) is 0 Å². The number of hydrogen-bond donors (Lipinski definition) is 3. The predicted octanol–water partition coefficient (Wildman–Crippen LogP) is 3.24. The molecule has 5 N–H and O–H groups in total. The van der Waals surface area contributed by atoms with Gasteiger partial charge >= 0.3 is 10.3 Å². The molecule has 0 saturated carbocycles. The molecule has 0 unspecified atom stereocenters. The summed E-state index contributed by atoms with van der Waals surface area (Å²) >= 11 is 9.56. The van der Waals surface area contributed by atoms with E-state index in [1.807, 2.05) is 0 Å². The van der Waals surface area contributed by atoms with Gasteiger partial charge in [-0.3, -0.25) is 4.18 Å². The Kier molecular flexibility index (Phi) is 8.35. The average molecular weight is 555 g/mol. The summed E-state index contributed by atoms with van der Waals surface area (Å²) in [6.45, 7) is 4.21. The molecule has 0 aliphatic rings. The van der Waals surface area contributed by atoms with Crippen LogP contribution in [-0.4, -0.2) is 43.1 Å². The molecule has 3 aromatic rings. The van der Waals surface area contributed by atoms with E-state index < -0.39 is 10.3 Å². The summed E-state index contributed by atoms with van der Waals surface area (Å²) < 4.78 is 27.9. The first-order valence-corrected chi connectivity index (χ1v) is 12.1. The number of aromatic nitrogens is 3. The van der Waals surface area contributed by atoms with Gasteiger partial charge in [0, 0.05) is 34.3 Å². The molecule has 0 atom stereocenters. The molecule has 0 bridgehead atoms. The van der Waals surface area contributed by atoms with Crippen LogP contribution in [0.15, 0.2) is 65.7 Å². The smallest absolute Gasteiger partial charge is 0.333 e. The number of allylic oxidation sites excluding steroid dienone is 1. The maximum Gasteiger partial charge on any atom is 0.333 e. The average Bonchev–Trinajstić information content (AvgIpc) is 2.76. The first-order chi connectivity index (χ1) is 15.7. The first-order valence-electron chi connectivity index (χ1n) is 9.51. The minimum Gasteiger partial charge on any atom is -0.341 e. The van der Waals surface area contributed by atoms with E-state index >= 15 is 0 Å². The summed E-state index contributed by atoms with van der Waals surface area (Å²) in [5.41, 5.74) is 7.35. The number of nitrogens with zero attached hydrogens (tertiary/aromatic N) is 4. The number of pyridine rings is 1. The number of hydrogen-bond acceptors (Lipinski definition) is 9. The fourth-order valence-corrected chi connectivity index (χ4v) is 3.69. The zero-order chi connectivity index (χ0) is 24.0. The number of rotatable bonds is 10. The third kappa shape index (κ3) is 6.93. The van der Waals surface area contributed by atoms with Crippen LogP contribution in [0.3, 0.4) is 0 Å². The highest BCUT2D eigenvalue weighted by molar-refractivity contribution is 9.10. The van der Waals surface area contributed by atoms with Crippen LogP contribution < -0.4 is 21.1 Å². The Morgan fingerprint density at radius 1 is 1.30 bits per heavy atom. The van der Waals surface area contributed by atoms with Crippen LogP contribution in [0.5, 0.6) is 0 Å². The molecule has 33 heavy (non-hydrogen) atoms. The second-order valence-corrected chi connectivity index (χ2v) is 9.12. The van der Waals surface area contributed by atoms with Gasteiger partial charge in [0.2, 0.25) is 0 Å². The largest absolute Gasteiger partial charge is 0.341 e. The van der Waals surface area contributed by atoms with E-state index in [2.05, 4.69) is 42.8 Å². The summed E-state index contributed by atoms with van der Waals surface area (Å²) in [7, 11) is -4.10. The number of benzene rings is 1. The summed E-state index contributed by atoms with van der Waals surface area (Å²) in [6, 6.07) is 7.04. The molecule has 0 spiro atoms. The molecular weight excluding hydrogens is 534 g/mol. The second kappa shape index (κ2) is 11.0. The number of nitrogens with one attached hydrogen (secondary N) is 1. The van der Waals surface area contributed by atoms with Gasteiger partial charge in [-0.1, -0.05) is 24.3 Å². The van der Waals surface area contributed by atoms with E-state index in [4.69, 9.17) is 26.7 Å². The molecule has 3 rings (SSSR count). The molecule has 0 fully saturated rings. The van der Waals surface area contributed by atoms with Crippen LogP contribution in [-0.2, 0) is 14.5 Å². The van der Waals surface area contributed by atoms with Crippen LogP contribution in [0.1, 0.15) is 0 Å². The molecule has 0 aliphatic carbocycles. The second-order valence-electron chi connectivity index (χ2n) is 6.64. The lowest BCUT2D eigenvalue weighted by Gasteiger charge is -2.25. The minimum atomic E-state index is -4.10. The van der Waals surface area contributed by atoms with E-state index in [0.29, 0.717) is 50.0 Å². The lowest BCUT2D eigenvalue weighted by atomic mass is 10.2. The molecular formula is C20H21BrClN7O3S. The maximum atomic E-state index is 11.3. The van der Waals surface area contributed by atoms with E-state index in [-0.39, 0.29) is 13.2 Å². The maximum absolute atomic E-state index is 11.3. The van der Waals surface area contributed by atoms with Gasteiger partial charge < -0.3 is 16.0 Å². The van der Waals surface area contributed by atoms with Crippen molar-refractivity contribution in [1.29, 1.82) is 0 Å². The Balaban J connectivity index is 2.05. The van der Waals surface area contributed by atoms with Crippen molar-refractivity contribution in [1.82, 2.24) is 15.0 Å². The SMILES string of the molecule is C=C(/C=C/CN)Nc1cc2c(N(CCOS(N)(=O)=O)c3ccc(Cl)c(Br)c3)ncnc2cn1. The highest BCUT2D eigenvalue weighted by Gasteiger charge is 2.18. The van der Waals surface area contributed by atoms with Crippen molar-refractivity contribution in [2.45, 2.75) is 0 Å². The van der Waals surface area contributed by atoms with Crippen molar-refractivity contribution in [3.8, 4) is 0 Å². The van der Waals surface area contributed by atoms with Crippen molar-refractivity contribution in [2.75, 3.05) is 29.9 Å². The topological polar surface area (TPSA) is 149 Å². The molecule has 10 nitrogen and oxygen atoms in total. The number of fused-ring (bicyclic) bond motifs is 1. The van der Waals surface area contributed by atoms with Gasteiger partial charge in [0.05, 0.1) is 23.3 Å². The highest BCUT2D eigenvalue weighted by Crippen LogP contribution is 2.34. The van der Waals surface area contributed by atoms with Crippen LogP contribution in [0, 0.1) is 0 Å². The molecule has 0 saturated heterocycles. The van der Waals surface area contributed by atoms with Gasteiger partial charge in [0.15, 0.2) is 0 Å². The van der Waals surface area contributed by atoms with Crippen molar-refractivity contribution >= 4 is 66.1 Å². The molecule has 13 heteroatoms. The van der Waals surface area contributed by atoms with Gasteiger partial charge in [-0.25, -0.2) is 20.1 Å². The molecule has 0 amide bonds. The van der Waals surface area contributed by atoms with Crippen molar-refractivity contribution < 1.29 is 12.6 Å². The Labute approximate surface area is 204 Å². The Hall–Kier alpha value is -2.61. The van der Waals surface area contributed by atoms with E-state index in [9.17, 15) is 8.42 Å². The normalized spacial score (nSPS) is 11.8. The van der Waals surface area contributed by atoms with Crippen molar-refractivity contribution in [3.05, 3.63) is 70.7 Å². The third-order valence-corrected chi connectivity index (χ3v) is 5.99. The molecule has 2 aromatic heterocycles. The van der Waals surface area contributed by atoms with E-state index in [1.54, 1.807) is 47.5 Å². The summed E-state index contributed by atoms with van der Waals surface area (Å²) in [6.07, 6.45) is 6.50. The highest BCUT2D eigenvalue weighted by atomic mass is 79.9. The summed E-state index contributed by atoms with van der Waals surface area (Å²) in [5.74, 6) is 1.02. The molecule has 0 aliphatic heterocycles. The standard InChI is InChI=1S/C20H21BrClN7O3S/c1-13(3-2-6-23)28-19-10-15-18(11-25-19)26-12-27-20(15)29(7-8-32-33(24,30)31)14-4-5-17(22)16(21)9-14/h2-5,9-12H,1,6-8,23H2,(H,25,28)(H2,24,30,31)/b3-2+. The number of nitrogens with two attached hydrogens (primary N) is 2. The van der Waals surface area contributed by atoms with Crippen molar-refractivity contribution in [2.24, 2.45) is 10.9 Å². The Morgan fingerprint density at radius 3 is 2.79 bits per heavy atom. The molecule has 0 radical (unpaired) electrons. The van der Waals surface area contributed by atoms with Gasteiger partial charge in [-0.05, 0) is 46.3 Å². The molecule has 174 valence electrons. The Morgan fingerprint density at radius 2 is 2.09 bits per heavy atom. The molecule has 2 heterocycles. The van der Waals surface area contributed by atoms with Gasteiger partial charge in [0.1, 0.15) is 18.0 Å². The lowest BCUT2D eigenvalue weighted by Crippen LogP contribution is -2.27. The zero-order valence-electron chi connectivity index (χ0n) is 17.3. The summed E-state index contributed by atoms with van der Waals surface area (Å²) in [5, 5.41) is 9.24. The third-order valence-electron chi connectivity index (χ3n) is 4.28. The number of anilines is 3. The number of halogens is 2. The van der Waals surface area contributed by atoms with E-state index in [1.165, 1.54) is 6.33 Å². The Bertz CT molecular complexity index is 1300. The van der Waals surface area contributed by atoms with Crippen LogP contribution in [0.2, 0.25) is 5.02 Å². The lowest BCUT2D eigenvalue weighted by molar-refractivity contribution is 0.327. The van der Waals surface area contributed by atoms with Gasteiger partial charge in [-0.15, -0.1) is 0 Å². The summed E-state index contributed by atoms with van der Waals surface area (Å²) in [4.78, 5) is 14.8. The van der Waals surface area contributed by atoms with Crippen molar-refractivity contribution in [3.63, 3.8) is 0 Å². The van der Waals surface area contributed by atoms with Crippen LogP contribution >= 0.6 is 27.5 Å². The molecule has 1 aromatic carbocycles. The van der Waals surface area contributed by atoms with Crippen LogP contribution in [0.4, 0.5) is 17.3 Å². The first kappa shape index (κ1) is 25.0. The fraction of sp³-hybridized carbons (Fsp3) is 0.150. The fourth-order valence-electron chi connectivity index (χ4n) is 2.90. The minimum absolute atomic E-state index is 0.119. The van der Waals surface area contributed by atoms with Gasteiger partial charge in [-0.2, -0.15) is 8.42 Å².